The largest absolute Gasteiger partial charge is 0.493 e. The first kappa shape index (κ1) is 14.3. The highest BCUT2D eigenvalue weighted by molar-refractivity contribution is 5.80. The Labute approximate surface area is 107 Å². The Morgan fingerprint density at radius 2 is 2.17 bits per heavy atom. The van der Waals surface area contributed by atoms with Crippen molar-refractivity contribution in [1.29, 1.82) is 0 Å². The van der Waals surface area contributed by atoms with Crippen LogP contribution in [0.3, 0.4) is 0 Å². The molecule has 0 saturated heterocycles. The van der Waals surface area contributed by atoms with Crippen LogP contribution in [0.1, 0.15) is 19.4 Å². The quantitative estimate of drug-likeness (QED) is 0.794. The van der Waals surface area contributed by atoms with Gasteiger partial charge < -0.3 is 20.5 Å². The Bertz CT molecular complexity index is 407. The predicted molar refractivity (Wildman–Crippen MR) is 69.7 cm³/mol. The van der Waals surface area contributed by atoms with Crippen molar-refractivity contribution in [1.82, 2.24) is 5.32 Å². The van der Waals surface area contributed by atoms with Crippen molar-refractivity contribution in [3.05, 3.63) is 23.8 Å². The summed E-state index contributed by atoms with van der Waals surface area (Å²) in [7, 11) is 1.56. The van der Waals surface area contributed by atoms with Gasteiger partial charge in [-0.1, -0.05) is 6.07 Å². The van der Waals surface area contributed by atoms with Crippen LogP contribution in [0.5, 0.6) is 11.5 Å². The van der Waals surface area contributed by atoms with Crippen LogP contribution in [-0.4, -0.2) is 25.7 Å². The maximum atomic E-state index is 11.6. The van der Waals surface area contributed by atoms with Gasteiger partial charge in [0.2, 0.25) is 0 Å². The predicted octanol–water partition coefficient (Wildman–Crippen LogP) is 1.06. The number of ether oxygens (including phenoxy) is 2. The smallest absolute Gasteiger partial charge is 0.260 e. The Balaban J connectivity index is 2.84. The van der Waals surface area contributed by atoms with Gasteiger partial charge in [-0.25, -0.2) is 0 Å². The highest BCUT2D eigenvalue weighted by atomic mass is 16.5. The molecule has 0 bridgehead atoms. The van der Waals surface area contributed by atoms with E-state index in [2.05, 4.69) is 5.32 Å². The summed E-state index contributed by atoms with van der Waals surface area (Å²) < 4.78 is 10.8. The molecular weight excluding hydrogens is 232 g/mol. The highest BCUT2D eigenvalue weighted by Gasteiger charge is 2.16. The van der Waals surface area contributed by atoms with Crippen molar-refractivity contribution < 1.29 is 14.3 Å². The molecule has 1 amide bonds. The monoisotopic (exact) mass is 252 g/mol. The van der Waals surface area contributed by atoms with Gasteiger partial charge in [0.25, 0.3) is 5.91 Å². The molecule has 0 aliphatic heterocycles. The van der Waals surface area contributed by atoms with E-state index in [4.69, 9.17) is 15.2 Å². The minimum Gasteiger partial charge on any atom is -0.493 e. The number of amides is 1. The summed E-state index contributed by atoms with van der Waals surface area (Å²) in [4.78, 5) is 11.6. The second-order valence-electron chi connectivity index (χ2n) is 3.84. The molecule has 1 rings (SSSR count). The molecule has 0 heterocycles. The number of rotatable bonds is 6. The van der Waals surface area contributed by atoms with E-state index >= 15 is 0 Å². The summed E-state index contributed by atoms with van der Waals surface area (Å²) in [6, 6.07) is 5.43. The van der Waals surface area contributed by atoms with Gasteiger partial charge >= 0.3 is 0 Å². The van der Waals surface area contributed by atoms with E-state index in [1.807, 2.05) is 13.0 Å². The third-order valence-corrected chi connectivity index (χ3v) is 2.49. The number of nitrogens with one attached hydrogen (secondary N) is 1. The second kappa shape index (κ2) is 6.86. The molecular formula is C13H20N2O3. The number of methoxy groups -OCH3 is 1. The summed E-state index contributed by atoms with van der Waals surface area (Å²) >= 11 is 0. The van der Waals surface area contributed by atoms with Crippen molar-refractivity contribution in [3.63, 3.8) is 0 Å². The third kappa shape index (κ3) is 3.63. The summed E-state index contributed by atoms with van der Waals surface area (Å²) in [5.74, 6) is 0.959. The number of nitrogens with two attached hydrogens (primary N) is 1. The van der Waals surface area contributed by atoms with Crippen LogP contribution >= 0.6 is 0 Å². The average molecular weight is 252 g/mol. The fourth-order valence-corrected chi connectivity index (χ4v) is 1.50. The molecule has 1 unspecified atom stereocenters. The molecule has 5 heteroatoms. The van der Waals surface area contributed by atoms with Gasteiger partial charge in [0.05, 0.1) is 7.11 Å². The molecule has 0 fully saturated rings. The average Bonchev–Trinajstić information content (AvgIpc) is 2.38. The topological polar surface area (TPSA) is 73.6 Å². The van der Waals surface area contributed by atoms with Crippen LogP contribution in [0, 0.1) is 0 Å². The molecule has 1 atom stereocenters. The zero-order chi connectivity index (χ0) is 13.5. The standard InChI is InChI=1S/C13H20N2O3/c1-4-15-13(16)9(2)18-12-7-10(8-14)5-6-11(12)17-3/h5-7,9H,4,8,14H2,1-3H3,(H,15,16). The van der Waals surface area contributed by atoms with Gasteiger partial charge in [-0.15, -0.1) is 0 Å². The molecule has 1 aromatic rings. The zero-order valence-electron chi connectivity index (χ0n) is 11.0. The van der Waals surface area contributed by atoms with E-state index in [1.54, 1.807) is 26.2 Å². The van der Waals surface area contributed by atoms with Gasteiger partial charge in [0, 0.05) is 13.1 Å². The minimum atomic E-state index is -0.577. The molecule has 3 N–H and O–H groups in total. The zero-order valence-corrected chi connectivity index (χ0v) is 11.0. The normalized spacial score (nSPS) is 11.8. The summed E-state index contributed by atoms with van der Waals surface area (Å²) in [5, 5.41) is 2.70. The van der Waals surface area contributed by atoms with Crippen molar-refractivity contribution in [2.75, 3.05) is 13.7 Å². The summed E-state index contributed by atoms with van der Waals surface area (Å²) in [6.45, 7) is 4.54. The molecule has 5 nitrogen and oxygen atoms in total. The molecule has 0 spiro atoms. The van der Waals surface area contributed by atoms with Crippen LogP contribution in [0.4, 0.5) is 0 Å². The summed E-state index contributed by atoms with van der Waals surface area (Å²) in [6.07, 6.45) is -0.577. The molecule has 1 aromatic carbocycles. The number of carbonyl (C=O) groups excluding carboxylic acids is 1. The SMILES string of the molecule is CCNC(=O)C(C)Oc1cc(CN)ccc1OC. The van der Waals surface area contributed by atoms with E-state index in [9.17, 15) is 4.79 Å². The van der Waals surface area contributed by atoms with E-state index in [0.29, 0.717) is 24.6 Å². The highest BCUT2D eigenvalue weighted by Crippen LogP contribution is 2.28. The second-order valence-corrected chi connectivity index (χ2v) is 3.84. The Kier molecular flexibility index (Phi) is 5.45. The molecule has 0 saturated carbocycles. The number of hydrogen-bond donors (Lipinski definition) is 2. The lowest BCUT2D eigenvalue weighted by molar-refractivity contribution is -0.127. The van der Waals surface area contributed by atoms with Gasteiger partial charge in [0.1, 0.15) is 0 Å². The number of benzene rings is 1. The minimum absolute atomic E-state index is 0.155. The van der Waals surface area contributed by atoms with E-state index in [-0.39, 0.29) is 5.91 Å². The summed E-state index contributed by atoms with van der Waals surface area (Å²) in [5.41, 5.74) is 6.50. The van der Waals surface area contributed by atoms with E-state index < -0.39 is 6.10 Å². The fraction of sp³-hybridized carbons (Fsp3) is 0.462. The van der Waals surface area contributed by atoms with E-state index in [1.165, 1.54) is 0 Å². The van der Waals surface area contributed by atoms with Crippen LogP contribution in [0.2, 0.25) is 0 Å². The van der Waals surface area contributed by atoms with Crippen LogP contribution in [0.25, 0.3) is 0 Å². The number of hydrogen-bond acceptors (Lipinski definition) is 4. The van der Waals surface area contributed by atoms with Crippen LogP contribution in [-0.2, 0) is 11.3 Å². The van der Waals surface area contributed by atoms with Crippen LogP contribution < -0.4 is 20.5 Å². The Morgan fingerprint density at radius 3 is 2.72 bits per heavy atom. The first-order chi connectivity index (χ1) is 8.62. The van der Waals surface area contributed by atoms with Gasteiger partial charge in [-0.3, -0.25) is 4.79 Å². The molecule has 0 radical (unpaired) electrons. The first-order valence-corrected chi connectivity index (χ1v) is 5.93. The van der Waals surface area contributed by atoms with E-state index in [0.717, 1.165) is 5.56 Å². The molecule has 18 heavy (non-hydrogen) atoms. The first-order valence-electron chi connectivity index (χ1n) is 5.93. The van der Waals surface area contributed by atoms with Crippen molar-refractivity contribution >= 4 is 5.91 Å². The molecule has 0 aliphatic rings. The lowest BCUT2D eigenvalue weighted by Gasteiger charge is -2.17. The maximum absolute atomic E-state index is 11.6. The van der Waals surface area contributed by atoms with Crippen LogP contribution in [0.15, 0.2) is 18.2 Å². The number of carbonyl (C=O) groups is 1. The lowest BCUT2D eigenvalue weighted by atomic mass is 10.2. The van der Waals surface area contributed by atoms with Gasteiger partial charge in [-0.05, 0) is 31.5 Å². The van der Waals surface area contributed by atoms with Crippen molar-refractivity contribution in [2.45, 2.75) is 26.5 Å². The molecule has 100 valence electrons. The number of likely N-dealkylation sites (N-methyl/N-ethyl adjacent to an activating group) is 1. The fourth-order valence-electron chi connectivity index (χ4n) is 1.50. The van der Waals surface area contributed by atoms with Gasteiger partial charge in [0.15, 0.2) is 17.6 Å². The molecule has 0 aliphatic carbocycles. The van der Waals surface area contributed by atoms with Crippen molar-refractivity contribution in [3.8, 4) is 11.5 Å². The Morgan fingerprint density at radius 1 is 1.44 bits per heavy atom. The third-order valence-electron chi connectivity index (χ3n) is 2.49. The Hall–Kier alpha value is -1.75. The maximum Gasteiger partial charge on any atom is 0.260 e. The van der Waals surface area contributed by atoms with Gasteiger partial charge in [-0.2, -0.15) is 0 Å². The van der Waals surface area contributed by atoms with Crippen molar-refractivity contribution in [2.24, 2.45) is 5.73 Å². The molecule has 0 aromatic heterocycles. The lowest BCUT2D eigenvalue weighted by Crippen LogP contribution is -2.36.